The number of fused-ring (bicyclic) bond motifs is 1. The molecular weight excluding hydrogens is 548 g/mol. The van der Waals surface area contributed by atoms with Gasteiger partial charge in [-0.15, -0.1) is 0 Å². The number of ether oxygens (including phenoxy) is 3. The molecular formula is C28H44N6O6S. The van der Waals surface area contributed by atoms with Crippen molar-refractivity contribution in [3.63, 3.8) is 0 Å². The second kappa shape index (κ2) is 14.5. The molecule has 3 aliphatic heterocycles. The van der Waals surface area contributed by atoms with E-state index in [1.165, 1.54) is 4.31 Å². The lowest BCUT2D eigenvalue weighted by Crippen LogP contribution is -2.54. The molecule has 13 heteroatoms. The van der Waals surface area contributed by atoms with E-state index in [1.807, 2.05) is 13.8 Å². The number of hydrogen-bond acceptors (Lipinski definition) is 10. The van der Waals surface area contributed by atoms with Crippen LogP contribution in [0.5, 0.6) is 5.75 Å². The molecule has 1 aromatic rings. The van der Waals surface area contributed by atoms with Crippen molar-refractivity contribution in [3.05, 3.63) is 23.8 Å². The highest BCUT2D eigenvalue weighted by molar-refractivity contribution is 7.89. The van der Waals surface area contributed by atoms with Gasteiger partial charge < -0.3 is 19.5 Å². The summed E-state index contributed by atoms with van der Waals surface area (Å²) in [7, 11) is -2.12. The second-order valence-electron chi connectivity index (χ2n) is 10.3. The number of hydrazone groups is 1. The van der Waals surface area contributed by atoms with E-state index in [2.05, 4.69) is 22.2 Å². The first kappa shape index (κ1) is 31.4. The van der Waals surface area contributed by atoms with Gasteiger partial charge in [0.25, 0.3) is 5.91 Å². The van der Waals surface area contributed by atoms with Crippen LogP contribution in [-0.2, 0) is 24.3 Å². The van der Waals surface area contributed by atoms with Crippen LogP contribution in [0.25, 0.3) is 0 Å². The Morgan fingerprint density at radius 2 is 1.90 bits per heavy atom. The quantitative estimate of drug-likeness (QED) is 0.304. The summed E-state index contributed by atoms with van der Waals surface area (Å²) in [6, 6.07) is 3.83. The number of carbonyl (C=O) groups excluding carboxylic acids is 1. The minimum Gasteiger partial charge on any atom is -0.493 e. The normalized spacial score (nSPS) is 21.5. The molecule has 0 spiro atoms. The van der Waals surface area contributed by atoms with Crippen LogP contribution in [0.2, 0.25) is 0 Å². The number of nitrogens with one attached hydrogen (secondary N) is 1. The minimum absolute atomic E-state index is 0.111. The second-order valence-corrected chi connectivity index (χ2v) is 12.3. The first-order chi connectivity index (χ1) is 19.8. The molecule has 0 radical (unpaired) electrons. The zero-order chi connectivity index (χ0) is 29.4. The molecule has 2 unspecified atom stereocenters. The number of hydrogen-bond donors (Lipinski definition) is 1. The molecule has 4 rings (SSSR count). The van der Waals surface area contributed by atoms with Gasteiger partial charge in [0.05, 0.1) is 42.6 Å². The van der Waals surface area contributed by atoms with Crippen LogP contribution in [-0.4, -0.2) is 125 Å². The number of carbonyl (C=O) groups is 1. The fraction of sp³-hybridized carbons (Fsp3) is 0.679. The Balaban J connectivity index is 1.68. The molecule has 0 aromatic heterocycles. The molecule has 1 aromatic carbocycles. The van der Waals surface area contributed by atoms with Crippen LogP contribution in [0.1, 0.15) is 45.6 Å². The highest BCUT2D eigenvalue weighted by Gasteiger charge is 2.44. The summed E-state index contributed by atoms with van der Waals surface area (Å²) in [5.41, 5.74) is 1.28. The van der Waals surface area contributed by atoms with Gasteiger partial charge in [0.15, 0.2) is 6.04 Å². The van der Waals surface area contributed by atoms with E-state index in [-0.39, 0.29) is 17.3 Å². The van der Waals surface area contributed by atoms with Crippen molar-refractivity contribution in [3.8, 4) is 5.75 Å². The Hall–Kier alpha value is -2.58. The Morgan fingerprint density at radius 1 is 1.12 bits per heavy atom. The number of benzene rings is 1. The zero-order valence-corrected chi connectivity index (χ0v) is 25.5. The van der Waals surface area contributed by atoms with Crippen molar-refractivity contribution in [2.24, 2.45) is 10.1 Å². The fourth-order valence-electron chi connectivity index (χ4n) is 5.20. The van der Waals surface area contributed by atoms with Crippen molar-refractivity contribution < 1.29 is 27.4 Å². The van der Waals surface area contributed by atoms with Gasteiger partial charge in [-0.1, -0.05) is 20.3 Å². The van der Waals surface area contributed by atoms with Crippen LogP contribution in [0.3, 0.4) is 0 Å². The van der Waals surface area contributed by atoms with Crippen LogP contribution >= 0.6 is 0 Å². The average molecular weight is 593 g/mol. The predicted molar refractivity (Wildman–Crippen MR) is 157 cm³/mol. The van der Waals surface area contributed by atoms with Gasteiger partial charge in [-0.3, -0.25) is 19.7 Å². The molecule has 0 aliphatic carbocycles. The van der Waals surface area contributed by atoms with Crippen molar-refractivity contribution in [2.45, 2.75) is 57.0 Å². The number of likely N-dealkylation sites (N-methyl/N-ethyl adjacent to an activating group) is 1. The monoisotopic (exact) mass is 592 g/mol. The van der Waals surface area contributed by atoms with E-state index in [1.54, 1.807) is 30.3 Å². The first-order valence-corrected chi connectivity index (χ1v) is 16.1. The maximum Gasteiger partial charge on any atom is 0.252 e. The minimum atomic E-state index is -3.90. The summed E-state index contributed by atoms with van der Waals surface area (Å²) in [6.07, 6.45) is 2.37. The summed E-state index contributed by atoms with van der Waals surface area (Å²) >= 11 is 0. The third-order valence-corrected chi connectivity index (χ3v) is 9.27. The fourth-order valence-corrected chi connectivity index (χ4v) is 6.65. The van der Waals surface area contributed by atoms with E-state index in [0.717, 1.165) is 38.1 Å². The molecule has 1 amide bonds. The van der Waals surface area contributed by atoms with Crippen molar-refractivity contribution >= 4 is 27.5 Å². The van der Waals surface area contributed by atoms with Crippen LogP contribution in [0.15, 0.2) is 33.2 Å². The molecule has 0 bridgehead atoms. The number of morpholine rings is 1. The van der Waals surface area contributed by atoms with E-state index in [4.69, 9.17) is 19.2 Å². The molecule has 3 aliphatic rings. The largest absolute Gasteiger partial charge is 0.493 e. The number of rotatable bonds is 15. The molecule has 0 saturated carbocycles. The third kappa shape index (κ3) is 7.44. The number of aliphatic imine (C=N–C) groups is 1. The average Bonchev–Trinajstić information content (AvgIpc) is 3.29. The summed E-state index contributed by atoms with van der Waals surface area (Å²) < 4.78 is 46.5. The summed E-state index contributed by atoms with van der Waals surface area (Å²) in [5, 5.41) is 9.13. The van der Waals surface area contributed by atoms with Gasteiger partial charge in [0.1, 0.15) is 17.6 Å². The maximum atomic E-state index is 14.0. The third-order valence-electron chi connectivity index (χ3n) is 7.38. The number of nitrogens with zero attached hydrogens (tertiary/aromatic N) is 5. The van der Waals surface area contributed by atoms with E-state index in [0.29, 0.717) is 63.3 Å². The van der Waals surface area contributed by atoms with Gasteiger partial charge >= 0.3 is 0 Å². The molecule has 41 heavy (non-hydrogen) atoms. The Bertz CT molecular complexity index is 1220. The van der Waals surface area contributed by atoms with Crippen LogP contribution < -0.4 is 10.1 Å². The molecule has 1 fully saturated rings. The van der Waals surface area contributed by atoms with Gasteiger partial charge in [-0.25, -0.2) is 8.42 Å². The van der Waals surface area contributed by atoms with Crippen LogP contribution in [0, 0.1) is 0 Å². The maximum absolute atomic E-state index is 14.0. The standard InChI is InChI=1S/C28H44N6O6S/c1-5-8-23-25-26(32(4)31-23)28(35)30-27(29-25)22-20-21(9-10-24(22)40-16-6-2)41(36,37)34(15-19-38-7-3)12-11-33-13-17-39-18-14-33/h9-10,20,25-26H,5-8,11-19H2,1-4H3,(H,29,30,35). The molecule has 228 valence electrons. The smallest absolute Gasteiger partial charge is 0.252 e. The molecule has 1 saturated heterocycles. The Kier molecular flexibility index (Phi) is 11.1. The molecule has 2 atom stereocenters. The van der Waals surface area contributed by atoms with Crippen LogP contribution in [0.4, 0.5) is 0 Å². The highest BCUT2D eigenvalue weighted by atomic mass is 32.2. The molecule has 3 heterocycles. The number of amidine groups is 1. The van der Waals surface area contributed by atoms with Crippen molar-refractivity contribution in [1.82, 2.24) is 19.5 Å². The van der Waals surface area contributed by atoms with Crippen molar-refractivity contribution in [1.29, 1.82) is 0 Å². The van der Waals surface area contributed by atoms with E-state index < -0.39 is 22.1 Å². The lowest BCUT2D eigenvalue weighted by Gasteiger charge is -2.30. The van der Waals surface area contributed by atoms with Gasteiger partial charge in [0.2, 0.25) is 10.0 Å². The lowest BCUT2D eigenvalue weighted by atomic mass is 9.98. The van der Waals surface area contributed by atoms with Gasteiger partial charge in [-0.05, 0) is 38.0 Å². The summed E-state index contributed by atoms with van der Waals surface area (Å²) in [5.74, 6) is 0.543. The Morgan fingerprint density at radius 3 is 2.61 bits per heavy atom. The van der Waals surface area contributed by atoms with Crippen molar-refractivity contribution in [2.75, 3.05) is 72.8 Å². The SMILES string of the molecule is CCCOc1ccc(S(=O)(=O)N(CCOCC)CCN2CCOCC2)cc1C1=NC2C(CCC)=NN(C)C2C(=O)N1. The first-order valence-electron chi connectivity index (χ1n) is 14.6. The lowest BCUT2D eigenvalue weighted by molar-refractivity contribution is -0.124. The summed E-state index contributed by atoms with van der Waals surface area (Å²) in [6.45, 7) is 11.2. The van der Waals surface area contributed by atoms with Gasteiger partial charge in [0, 0.05) is 46.4 Å². The highest BCUT2D eigenvalue weighted by Crippen LogP contribution is 2.29. The number of sulfonamides is 1. The molecule has 1 N–H and O–H groups in total. The topological polar surface area (TPSA) is 125 Å². The Labute approximate surface area is 243 Å². The number of amides is 1. The summed E-state index contributed by atoms with van der Waals surface area (Å²) in [4.78, 5) is 20.4. The van der Waals surface area contributed by atoms with E-state index >= 15 is 0 Å². The predicted octanol–water partition coefficient (Wildman–Crippen LogP) is 1.55. The molecule has 12 nitrogen and oxygen atoms in total. The zero-order valence-electron chi connectivity index (χ0n) is 24.7. The van der Waals surface area contributed by atoms with Gasteiger partial charge in [-0.2, -0.15) is 9.41 Å². The van der Waals surface area contributed by atoms with E-state index in [9.17, 15) is 13.2 Å².